The van der Waals surface area contributed by atoms with Gasteiger partial charge < -0.3 is 20.5 Å². The summed E-state index contributed by atoms with van der Waals surface area (Å²) in [5, 5.41) is 14.9. The van der Waals surface area contributed by atoms with Crippen LogP contribution in [0, 0.1) is 12.8 Å². The number of benzene rings is 2. The van der Waals surface area contributed by atoms with Crippen LogP contribution in [0.4, 0.5) is 10.5 Å². The van der Waals surface area contributed by atoms with Gasteiger partial charge in [0.15, 0.2) is 0 Å². The van der Waals surface area contributed by atoms with Gasteiger partial charge in [0, 0.05) is 5.69 Å². The number of carbonyl (C=O) groups is 1. The molecule has 2 amide bonds. The highest BCUT2D eigenvalue weighted by atomic mass is 16.5. The zero-order valence-electron chi connectivity index (χ0n) is 15.0. The van der Waals surface area contributed by atoms with Crippen LogP contribution < -0.4 is 15.4 Å². The fourth-order valence-corrected chi connectivity index (χ4v) is 2.45. The van der Waals surface area contributed by atoms with Crippen molar-refractivity contribution in [2.75, 3.05) is 11.9 Å². The van der Waals surface area contributed by atoms with Gasteiger partial charge in [-0.05, 0) is 55.7 Å². The Kier molecular flexibility index (Phi) is 6.83. The summed E-state index contributed by atoms with van der Waals surface area (Å²) >= 11 is 0. The SMILES string of the molecule is Cc1ccc(Oc2ccc(NC(=O)NC(CO)CC(C)C)cc2)cc1. The molecule has 0 aliphatic heterocycles. The second kappa shape index (κ2) is 9.08. The summed E-state index contributed by atoms with van der Waals surface area (Å²) in [5.74, 6) is 1.86. The second-order valence-corrected chi connectivity index (χ2v) is 6.55. The molecule has 5 heteroatoms. The molecule has 0 aliphatic rings. The normalized spacial score (nSPS) is 11.9. The summed E-state index contributed by atoms with van der Waals surface area (Å²) in [6.45, 7) is 6.05. The molecule has 3 N–H and O–H groups in total. The van der Waals surface area contributed by atoms with E-state index in [0.29, 0.717) is 17.4 Å². The van der Waals surface area contributed by atoms with E-state index in [9.17, 15) is 9.90 Å². The Morgan fingerprint density at radius 2 is 1.60 bits per heavy atom. The summed E-state index contributed by atoms with van der Waals surface area (Å²) in [6.07, 6.45) is 0.729. The van der Waals surface area contributed by atoms with Gasteiger partial charge in [-0.15, -0.1) is 0 Å². The monoisotopic (exact) mass is 342 g/mol. The average molecular weight is 342 g/mol. The lowest BCUT2D eigenvalue weighted by Gasteiger charge is -2.18. The van der Waals surface area contributed by atoms with E-state index in [4.69, 9.17) is 4.74 Å². The molecule has 0 heterocycles. The van der Waals surface area contributed by atoms with Crippen LogP contribution in [0.15, 0.2) is 48.5 Å². The van der Waals surface area contributed by atoms with Gasteiger partial charge in [0.05, 0.1) is 12.6 Å². The highest BCUT2D eigenvalue weighted by Gasteiger charge is 2.13. The van der Waals surface area contributed by atoms with Gasteiger partial charge in [0.25, 0.3) is 0 Å². The largest absolute Gasteiger partial charge is 0.457 e. The molecule has 0 aromatic heterocycles. The topological polar surface area (TPSA) is 70.6 Å². The van der Waals surface area contributed by atoms with E-state index in [-0.39, 0.29) is 18.7 Å². The molecule has 0 saturated heterocycles. The lowest BCUT2D eigenvalue weighted by molar-refractivity contribution is 0.214. The van der Waals surface area contributed by atoms with Crippen LogP contribution in [0.25, 0.3) is 0 Å². The fourth-order valence-electron chi connectivity index (χ4n) is 2.45. The van der Waals surface area contributed by atoms with Crippen LogP contribution in [0.3, 0.4) is 0 Å². The highest BCUT2D eigenvalue weighted by molar-refractivity contribution is 5.89. The minimum absolute atomic E-state index is 0.0745. The molecular formula is C20H26N2O3. The van der Waals surface area contributed by atoms with E-state index < -0.39 is 0 Å². The third-order valence-electron chi connectivity index (χ3n) is 3.68. The average Bonchev–Trinajstić information content (AvgIpc) is 2.57. The van der Waals surface area contributed by atoms with Crippen molar-refractivity contribution in [3.05, 3.63) is 54.1 Å². The summed E-state index contributed by atoms with van der Waals surface area (Å²) in [4.78, 5) is 12.0. The van der Waals surface area contributed by atoms with Crippen LogP contribution >= 0.6 is 0 Å². The molecule has 2 aromatic rings. The molecule has 0 spiro atoms. The molecule has 2 rings (SSSR count). The molecule has 2 aromatic carbocycles. The van der Waals surface area contributed by atoms with Crippen molar-refractivity contribution in [3.63, 3.8) is 0 Å². The van der Waals surface area contributed by atoms with Gasteiger partial charge in [-0.3, -0.25) is 0 Å². The van der Waals surface area contributed by atoms with Gasteiger partial charge in [-0.25, -0.2) is 4.79 Å². The minimum Gasteiger partial charge on any atom is -0.457 e. The lowest BCUT2D eigenvalue weighted by atomic mass is 10.0. The van der Waals surface area contributed by atoms with Crippen LogP contribution in [0.1, 0.15) is 25.8 Å². The van der Waals surface area contributed by atoms with E-state index in [1.54, 1.807) is 24.3 Å². The number of hydrogen-bond acceptors (Lipinski definition) is 3. The molecule has 134 valence electrons. The molecule has 1 atom stereocenters. The van der Waals surface area contributed by atoms with Crippen molar-refractivity contribution in [1.82, 2.24) is 5.32 Å². The summed E-state index contributed by atoms with van der Waals surface area (Å²) in [5.41, 5.74) is 1.84. The van der Waals surface area contributed by atoms with Gasteiger partial charge in [-0.2, -0.15) is 0 Å². The predicted octanol–water partition coefficient (Wildman–Crippen LogP) is 4.32. The molecule has 0 radical (unpaired) electrons. The number of rotatable bonds is 7. The summed E-state index contributed by atoms with van der Waals surface area (Å²) < 4.78 is 5.76. The third kappa shape index (κ3) is 6.47. The number of carbonyl (C=O) groups excluding carboxylic acids is 1. The summed E-state index contributed by atoms with van der Waals surface area (Å²) in [7, 11) is 0. The number of nitrogens with one attached hydrogen (secondary N) is 2. The molecular weight excluding hydrogens is 316 g/mol. The highest BCUT2D eigenvalue weighted by Crippen LogP contribution is 2.23. The Morgan fingerprint density at radius 1 is 1.04 bits per heavy atom. The standard InChI is InChI=1S/C20H26N2O3/c1-14(2)12-17(13-23)22-20(24)21-16-6-10-19(11-7-16)25-18-8-4-15(3)5-9-18/h4-11,14,17,23H,12-13H2,1-3H3,(H2,21,22,24). The van der Waals surface area contributed by atoms with Crippen molar-refractivity contribution in [2.24, 2.45) is 5.92 Å². The molecule has 1 unspecified atom stereocenters. The van der Waals surface area contributed by atoms with E-state index >= 15 is 0 Å². The van der Waals surface area contributed by atoms with Gasteiger partial charge in [0.2, 0.25) is 0 Å². The minimum atomic E-state index is -0.327. The first kappa shape index (κ1) is 18.8. The Hall–Kier alpha value is -2.53. The van der Waals surface area contributed by atoms with Crippen LogP contribution in [-0.2, 0) is 0 Å². The van der Waals surface area contributed by atoms with Crippen molar-refractivity contribution in [1.29, 1.82) is 0 Å². The van der Waals surface area contributed by atoms with Crippen LogP contribution in [0.2, 0.25) is 0 Å². The number of ether oxygens (including phenoxy) is 1. The molecule has 0 saturated carbocycles. The summed E-state index contributed by atoms with van der Waals surface area (Å²) in [6, 6.07) is 14.4. The molecule has 25 heavy (non-hydrogen) atoms. The number of anilines is 1. The number of amides is 2. The number of urea groups is 1. The van der Waals surface area contributed by atoms with Crippen molar-refractivity contribution < 1.29 is 14.6 Å². The molecule has 0 bridgehead atoms. The van der Waals surface area contributed by atoms with Gasteiger partial charge in [0.1, 0.15) is 11.5 Å². The number of aliphatic hydroxyl groups is 1. The van der Waals surface area contributed by atoms with Crippen molar-refractivity contribution >= 4 is 11.7 Å². The Balaban J connectivity index is 1.88. The van der Waals surface area contributed by atoms with Gasteiger partial charge >= 0.3 is 6.03 Å². The first-order valence-electron chi connectivity index (χ1n) is 8.49. The zero-order chi connectivity index (χ0) is 18.2. The smallest absolute Gasteiger partial charge is 0.319 e. The molecule has 0 aliphatic carbocycles. The van der Waals surface area contributed by atoms with E-state index in [1.807, 2.05) is 31.2 Å². The predicted molar refractivity (Wildman–Crippen MR) is 100 cm³/mol. The Labute approximate surface area is 149 Å². The van der Waals surface area contributed by atoms with Crippen LogP contribution in [-0.4, -0.2) is 23.8 Å². The second-order valence-electron chi connectivity index (χ2n) is 6.55. The van der Waals surface area contributed by atoms with E-state index in [1.165, 1.54) is 5.56 Å². The first-order chi connectivity index (χ1) is 12.0. The first-order valence-corrected chi connectivity index (χ1v) is 8.49. The van der Waals surface area contributed by atoms with Gasteiger partial charge in [-0.1, -0.05) is 31.5 Å². The maximum Gasteiger partial charge on any atom is 0.319 e. The number of hydrogen-bond donors (Lipinski definition) is 3. The quantitative estimate of drug-likeness (QED) is 0.702. The van der Waals surface area contributed by atoms with E-state index in [2.05, 4.69) is 24.5 Å². The molecule has 0 fully saturated rings. The maximum absolute atomic E-state index is 12.0. The fraction of sp³-hybridized carbons (Fsp3) is 0.350. The number of aliphatic hydroxyl groups excluding tert-OH is 1. The number of aryl methyl sites for hydroxylation is 1. The third-order valence-corrected chi connectivity index (χ3v) is 3.68. The lowest BCUT2D eigenvalue weighted by Crippen LogP contribution is -2.40. The zero-order valence-corrected chi connectivity index (χ0v) is 15.0. The van der Waals surface area contributed by atoms with E-state index in [0.717, 1.165) is 12.2 Å². The Morgan fingerprint density at radius 3 is 2.12 bits per heavy atom. The van der Waals surface area contributed by atoms with Crippen molar-refractivity contribution in [2.45, 2.75) is 33.2 Å². The maximum atomic E-state index is 12.0. The Bertz CT molecular complexity index is 666. The van der Waals surface area contributed by atoms with Crippen LogP contribution in [0.5, 0.6) is 11.5 Å². The molecule has 5 nitrogen and oxygen atoms in total. The van der Waals surface area contributed by atoms with Crippen molar-refractivity contribution in [3.8, 4) is 11.5 Å².